The highest BCUT2D eigenvalue weighted by Gasteiger charge is 2.14. The largest absolute Gasteiger partial charge is 0.352 e. The molecule has 7 nitrogen and oxygen atoms in total. The van der Waals surface area contributed by atoms with E-state index in [4.69, 9.17) is 0 Å². The summed E-state index contributed by atoms with van der Waals surface area (Å²) in [6.07, 6.45) is 0.809. The molecule has 2 N–H and O–H groups in total. The molecule has 0 aliphatic rings. The minimum atomic E-state index is -0.533. The third-order valence-electron chi connectivity index (χ3n) is 3.30. The van der Waals surface area contributed by atoms with Gasteiger partial charge in [0.05, 0.1) is 16.2 Å². The third kappa shape index (κ3) is 4.16. The highest BCUT2D eigenvalue weighted by atomic mass is 16.6. The molecule has 7 heteroatoms. The summed E-state index contributed by atoms with van der Waals surface area (Å²) < 4.78 is 0. The minimum absolute atomic E-state index is 0.0918. The Labute approximate surface area is 138 Å². The van der Waals surface area contributed by atoms with Crippen molar-refractivity contribution in [3.05, 3.63) is 69.8 Å². The van der Waals surface area contributed by atoms with Gasteiger partial charge in [0.2, 0.25) is 0 Å². The van der Waals surface area contributed by atoms with Gasteiger partial charge in [0.25, 0.3) is 17.5 Å². The molecule has 124 valence electrons. The molecule has 0 heterocycles. The predicted molar refractivity (Wildman–Crippen MR) is 90.1 cm³/mol. The fourth-order valence-electron chi connectivity index (χ4n) is 2.05. The van der Waals surface area contributed by atoms with E-state index in [1.807, 2.05) is 6.92 Å². The van der Waals surface area contributed by atoms with E-state index in [9.17, 15) is 19.7 Å². The molecular weight excluding hydrogens is 310 g/mol. The zero-order chi connectivity index (χ0) is 17.5. The Morgan fingerprint density at radius 1 is 1.04 bits per heavy atom. The van der Waals surface area contributed by atoms with Crippen molar-refractivity contribution in [2.75, 3.05) is 11.9 Å². The van der Waals surface area contributed by atoms with Gasteiger partial charge in [-0.1, -0.05) is 19.1 Å². The van der Waals surface area contributed by atoms with Gasteiger partial charge in [0.1, 0.15) is 0 Å². The lowest BCUT2D eigenvalue weighted by Crippen LogP contribution is -2.25. The molecule has 0 spiro atoms. The normalized spacial score (nSPS) is 10.0. The van der Waals surface area contributed by atoms with Crippen molar-refractivity contribution in [2.24, 2.45) is 0 Å². The number of anilines is 1. The van der Waals surface area contributed by atoms with Crippen LogP contribution in [0.5, 0.6) is 0 Å². The van der Waals surface area contributed by atoms with Crippen LogP contribution in [0.2, 0.25) is 0 Å². The molecule has 0 aliphatic carbocycles. The Bertz CT molecular complexity index is 757. The molecule has 2 rings (SSSR count). The molecule has 2 amide bonds. The third-order valence-corrected chi connectivity index (χ3v) is 3.30. The Hall–Kier alpha value is -3.22. The van der Waals surface area contributed by atoms with Gasteiger partial charge in [0.15, 0.2) is 0 Å². The molecule has 0 bridgehead atoms. The van der Waals surface area contributed by atoms with Gasteiger partial charge < -0.3 is 10.6 Å². The molecule has 0 saturated carbocycles. The first-order valence-corrected chi connectivity index (χ1v) is 7.46. The standard InChI is InChI=1S/C17H17N3O4/c1-2-11-18-17(22)14-5-3-4-6-15(14)19-16(21)12-7-9-13(10-8-12)20(23)24/h3-10H,2,11H2,1H3,(H,18,22)(H,19,21). The van der Waals surface area contributed by atoms with Gasteiger partial charge >= 0.3 is 0 Å². The topological polar surface area (TPSA) is 101 Å². The summed E-state index contributed by atoms with van der Waals surface area (Å²) in [5.41, 5.74) is 0.922. The molecule has 2 aromatic rings. The van der Waals surface area contributed by atoms with Gasteiger partial charge in [-0.25, -0.2) is 0 Å². The van der Waals surface area contributed by atoms with Crippen LogP contribution in [0.25, 0.3) is 0 Å². The van der Waals surface area contributed by atoms with Crippen LogP contribution in [-0.2, 0) is 0 Å². The highest BCUT2D eigenvalue weighted by Crippen LogP contribution is 2.17. The highest BCUT2D eigenvalue weighted by molar-refractivity contribution is 6.09. The number of hydrogen-bond donors (Lipinski definition) is 2. The first-order valence-electron chi connectivity index (χ1n) is 7.46. The first-order chi connectivity index (χ1) is 11.5. The number of amides is 2. The van der Waals surface area contributed by atoms with Crippen LogP contribution in [0.1, 0.15) is 34.1 Å². The number of nitro benzene ring substituents is 1. The summed E-state index contributed by atoms with van der Waals surface area (Å²) >= 11 is 0. The maximum atomic E-state index is 12.3. The Morgan fingerprint density at radius 2 is 1.71 bits per heavy atom. The van der Waals surface area contributed by atoms with E-state index in [0.717, 1.165) is 6.42 Å². The van der Waals surface area contributed by atoms with Crippen molar-refractivity contribution in [2.45, 2.75) is 13.3 Å². The van der Waals surface area contributed by atoms with Gasteiger partial charge in [-0.2, -0.15) is 0 Å². The van der Waals surface area contributed by atoms with Crippen LogP contribution in [-0.4, -0.2) is 23.3 Å². The molecule has 0 radical (unpaired) electrons. The van der Waals surface area contributed by atoms with Gasteiger partial charge in [-0.3, -0.25) is 19.7 Å². The van der Waals surface area contributed by atoms with Gasteiger partial charge in [-0.15, -0.1) is 0 Å². The first kappa shape index (κ1) is 17.1. The molecular formula is C17H17N3O4. The number of para-hydroxylation sites is 1. The van der Waals surface area contributed by atoms with Crippen LogP contribution in [0.3, 0.4) is 0 Å². The maximum absolute atomic E-state index is 12.3. The zero-order valence-corrected chi connectivity index (χ0v) is 13.1. The van der Waals surface area contributed by atoms with Crippen LogP contribution < -0.4 is 10.6 Å². The van der Waals surface area contributed by atoms with E-state index >= 15 is 0 Å². The molecule has 0 saturated heterocycles. The van der Waals surface area contributed by atoms with Crippen LogP contribution in [0, 0.1) is 10.1 Å². The van der Waals surface area contributed by atoms with E-state index < -0.39 is 10.8 Å². The number of benzene rings is 2. The van der Waals surface area contributed by atoms with E-state index in [1.54, 1.807) is 24.3 Å². The van der Waals surface area contributed by atoms with Crippen molar-refractivity contribution >= 4 is 23.2 Å². The van der Waals surface area contributed by atoms with E-state index in [2.05, 4.69) is 10.6 Å². The Balaban J connectivity index is 2.17. The minimum Gasteiger partial charge on any atom is -0.352 e. The van der Waals surface area contributed by atoms with E-state index in [0.29, 0.717) is 17.8 Å². The second kappa shape index (κ2) is 7.87. The van der Waals surface area contributed by atoms with Gasteiger partial charge in [0, 0.05) is 24.2 Å². The molecule has 0 fully saturated rings. The summed E-state index contributed by atoms with van der Waals surface area (Å²) in [7, 11) is 0. The van der Waals surface area contributed by atoms with Crippen molar-refractivity contribution in [1.29, 1.82) is 0 Å². The Kier molecular flexibility index (Phi) is 5.62. The number of rotatable bonds is 6. The molecule has 2 aromatic carbocycles. The average molecular weight is 327 g/mol. The lowest BCUT2D eigenvalue weighted by Gasteiger charge is -2.11. The SMILES string of the molecule is CCCNC(=O)c1ccccc1NC(=O)c1ccc([N+](=O)[O-])cc1. The zero-order valence-electron chi connectivity index (χ0n) is 13.1. The second-order valence-corrected chi connectivity index (χ2v) is 5.06. The number of carbonyl (C=O) groups is 2. The Morgan fingerprint density at radius 3 is 2.33 bits per heavy atom. The summed E-state index contributed by atoms with van der Waals surface area (Å²) in [4.78, 5) is 34.5. The molecule has 0 atom stereocenters. The molecule has 0 unspecified atom stereocenters. The summed E-state index contributed by atoms with van der Waals surface area (Å²) in [5, 5.41) is 16.1. The quantitative estimate of drug-likeness (QED) is 0.629. The second-order valence-electron chi connectivity index (χ2n) is 5.06. The van der Waals surface area contributed by atoms with Gasteiger partial charge in [-0.05, 0) is 30.7 Å². The van der Waals surface area contributed by atoms with Crippen LogP contribution >= 0.6 is 0 Å². The monoisotopic (exact) mass is 327 g/mol. The van der Waals surface area contributed by atoms with Crippen molar-refractivity contribution < 1.29 is 14.5 Å². The van der Waals surface area contributed by atoms with E-state index in [-0.39, 0.29) is 17.2 Å². The number of non-ortho nitro benzene ring substituents is 1. The van der Waals surface area contributed by atoms with Crippen molar-refractivity contribution in [3.63, 3.8) is 0 Å². The van der Waals surface area contributed by atoms with Crippen LogP contribution in [0.15, 0.2) is 48.5 Å². The smallest absolute Gasteiger partial charge is 0.269 e. The maximum Gasteiger partial charge on any atom is 0.269 e. The molecule has 0 aliphatic heterocycles. The average Bonchev–Trinajstić information content (AvgIpc) is 2.60. The summed E-state index contributed by atoms with van der Waals surface area (Å²) in [6.45, 7) is 2.49. The fraction of sp³-hybridized carbons (Fsp3) is 0.176. The number of nitro groups is 1. The number of nitrogens with one attached hydrogen (secondary N) is 2. The molecule has 0 aromatic heterocycles. The number of carbonyl (C=O) groups excluding carboxylic acids is 2. The lowest BCUT2D eigenvalue weighted by atomic mass is 10.1. The summed E-state index contributed by atoms with van der Waals surface area (Å²) in [5.74, 6) is -0.711. The van der Waals surface area contributed by atoms with Crippen LogP contribution in [0.4, 0.5) is 11.4 Å². The lowest BCUT2D eigenvalue weighted by molar-refractivity contribution is -0.384. The summed E-state index contributed by atoms with van der Waals surface area (Å²) in [6, 6.07) is 11.9. The van der Waals surface area contributed by atoms with E-state index in [1.165, 1.54) is 24.3 Å². The van der Waals surface area contributed by atoms with Crippen molar-refractivity contribution in [1.82, 2.24) is 5.32 Å². The van der Waals surface area contributed by atoms with Crippen molar-refractivity contribution in [3.8, 4) is 0 Å². The molecule has 24 heavy (non-hydrogen) atoms. The number of hydrogen-bond acceptors (Lipinski definition) is 4. The fourth-order valence-corrected chi connectivity index (χ4v) is 2.05. The number of nitrogens with zero attached hydrogens (tertiary/aromatic N) is 1. The predicted octanol–water partition coefficient (Wildman–Crippen LogP) is 2.99.